The fourth-order valence-electron chi connectivity index (χ4n) is 1.68. The number of hydrogen-bond acceptors (Lipinski definition) is 3. The molecule has 0 aliphatic rings. The van der Waals surface area contributed by atoms with Crippen molar-refractivity contribution in [2.75, 3.05) is 12.3 Å². The third-order valence-electron chi connectivity index (χ3n) is 2.91. The van der Waals surface area contributed by atoms with E-state index in [0.717, 1.165) is 19.3 Å². The van der Waals surface area contributed by atoms with Gasteiger partial charge < -0.3 is 11.1 Å². The van der Waals surface area contributed by atoms with Crippen LogP contribution in [-0.2, 0) is 15.6 Å². The molecule has 0 aromatic heterocycles. The van der Waals surface area contributed by atoms with Crippen LogP contribution in [0.4, 0.5) is 5.69 Å². The molecule has 5 heteroatoms. The second-order valence-corrected chi connectivity index (χ2v) is 6.22. The lowest BCUT2D eigenvalue weighted by Gasteiger charge is -2.13. The summed E-state index contributed by atoms with van der Waals surface area (Å²) in [6.07, 6.45) is 3.15. The van der Waals surface area contributed by atoms with Crippen molar-refractivity contribution in [3.8, 4) is 0 Å². The summed E-state index contributed by atoms with van der Waals surface area (Å²) >= 11 is 0. The first-order valence-corrected chi connectivity index (χ1v) is 7.82. The summed E-state index contributed by atoms with van der Waals surface area (Å²) in [5, 5.41) is 2.22. The first-order chi connectivity index (χ1) is 9.07. The van der Waals surface area contributed by atoms with Gasteiger partial charge >= 0.3 is 0 Å². The van der Waals surface area contributed by atoms with Gasteiger partial charge in [0.25, 0.3) is 0 Å². The number of nitrogens with one attached hydrogen (secondary N) is 1. The summed E-state index contributed by atoms with van der Waals surface area (Å²) < 4.78 is 12.3. The van der Waals surface area contributed by atoms with E-state index in [-0.39, 0.29) is 5.91 Å². The van der Waals surface area contributed by atoms with Crippen LogP contribution in [0.25, 0.3) is 0 Å². The summed E-state index contributed by atoms with van der Waals surface area (Å²) in [5.41, 5.74) is 6.24. The van der Waals surface area contributed by atoms with Crippen LogP contribution in [0.2, 0.25) is 0 Å². The van der Waals surface area contributed by atoms with E-state index in [0.29, 0.717) is 17.1 Å². The molecule has 0 aliphatic carbocycles. The number of anilines is 1. The number of carbonyl (C=O) groups is 1. The maximum absolute atomic E-state index is 12.3. The first kappa shape index (κ1) is 15.7. The number of nitrogens with two attached hydrogens (primary N) is 1. The van der Waals surface area contributed by atoms with E-state index >= 15 is 0 Å². The molecule has 19 heavy (non-hydrogen) atoms. The number of rotatable bonds is 7. The molecule has 3 N–H and O–H groups in total. The minimum Gasteiger partial charge on any atom is -0.398 e. The molecule has 1 aromatic carbocycles. The molecule has 0 bridgehead atoms. The van der Waals surface area contributed by atoms with Crippen LogP contribution < -0.4 is 11.1 Å². The molecular weight excluding hydrogens is 260 g/mol. The number of amides is 1. The molecule has 1 amide bonds. The van der Waals surface area contributed by atoms with E-state index in [9.17, 15) is 9.00 Å². The molecule has 0 fully saturated rings. The lowest BCUT2D eigenvalue weighted by atomic mass is 10.2. The predicted molar refractivity (Wildman–Crippen MR) is 79.3 cm³/mol. The Bertz CT molecular complexity index is 449. The molecule has 0 aliphatic heterocycles. The zero-order valence-electron chi connectivity index (χ0n) is 11.5. The molecule has 106 valence electrons. The summed E-state index contributed by atoms with van der Waals surface area (Å²) in [5.74, 6) is -0.183. The molecule has 0 spiro atoms. The Hall–Kier alpha value is -1.36. The van der Waals surface area contributed by atoms with Crippen molar-refractivity contribution < 1.29 is 9.00 Å². The fraction of sp³-hybridized carbons (Fsp3) is 0.500. The van der Waals surface area contributed by atoms with Gasteiger partial charge in [-0.15, -0.1) is 0 Å². The molecule has 0 saturated carbocycles. The van der Waals surface area contributed by atoms with Crippen LogP contribution in [0.5, 0.6) is 0 Å². The Labute approximate surface area is 117 Å². The highest BCUT2D eigenvalue weighted by atomic mass is 32.2. The molecule has 2 unspecified atom stereocenters. The summed E-state index contributed by atoms with van der Waals surface area (Å²) in [4.78, 5) is 12.4. The van der Waals surface area contributed by atoms with E-state index in [4.69, 9.17) is 5.73 Å². The zero-order chi connectivity index (χ0) is 14.3. The second kappa shape index (κ2) is 7.94. The van der Waals surface area contributed by atoms with Crippen LogP contribution in [-0.4, -0.2) is 21.9 Å². The van der Waals surface area contributed by atoms with Gasteiger partial charge in [-0.25, -0.2) is 0 Å². The molecule has 2 atom stereocenters. The fourth-order valence-corrected chi connectivity index (χ4v) is 2.85. The number of unbranched alkanes of at least 4 members (excludes halogenated alkanes) is 2. The molecule has 1 rings (SSSR count). The smallest absolute Gasteiger partial charge is 0.235 e. The molecule has 4 nitrogen and oxygen atoms in total. The van der Waals surface area contributed by atoms with Crippen LogP contribution in [0.3, 0.4) is 0 Å². The highest BCUT2D eigenvalue weighted by Gasteiger charge is 2.22. The van der Waals surface area contributed by atoms with Gasteiger partial charge in [-0.05, 0) is 25.5 Å². The van der Waals surface area contributed by atoms with Crippen LogP contribution in [0.15, 0.2) is 29.2 Å². The van der Waals surface area contributed by atoms with E-state index in [2.05, 4.69) is 12.2 Å². The SMILES string of the molecule is CCCCCNC(=O)C(C)S(=O)c1ccccc1N. The maximum atomic E-state index is 12.3. The lowest BCUT2D eigenvalue weighted by molar-refractivity contribution is -0.120. The number of benzene rings is 1. The Kier molecular flexibility index (Phi) is 6.56. The van der Waals surface area contributed by atoms with Crippen molar-refractivity contribution in [3.05, 3.63) is 24.3 Å². The third kappa shape index (κ3) is 4.67. The minimum absolute atomic E-state index is 0.183. The van der Waals surface area contributed by atoms with Crippen molar-refractivity contribution >= 4 is 22.4 Å². The van der Waals surface area contributed by atoms with Gasteiger partial charge in [-0.3, -0.25) is 9.00 Å². The maximum Gasteiger partial charge on any atom is 0.235 e. The Balaban J connectivity index is 2.57. The van der Waals surface area contributed by atoms with Gasteiger partial charge in [0.05, 0.1) is 15.7 Å². The molecule has 1 aromatic rings. The van der Waals surface area contributed by atoms with E-state index in [1.54, 1.807) is 31.2 Å². The van der Waals surface area contributed by atoms with Crippen molar-refractivity contribution in [1.82, 2.24) is 5.32 Å². The van der Waals surface area contributed by atoms with Gasteiger partial charge in [-0.1, -0.05) is 31.9 Å². The van der Waals surface area contributed by atoms with Gasteiger partial charge in [0.1, 0.15) is 5.25 Å². The number of hydrogen-bond donors (Lipinski definition) is 2. The van der Waals surface area contributed by atoms with Crippen molar-refractivity contribution in [1.29, 1.82) is 0 Å². The molecule has 0 heterocycles. The van der Waals surface area contributed by atoms with Crippen molar-refractivity contribution in [2.24, 2.45) is 0 Å². The monoisotopic (exact) mass is 282 g/mol. The zero-order valence-corrected chi connectivity index (χ0v) is 12.3. The van der Waals surface area contributed by atoms with Crippen molar-refractivity contribution in [2.45, 2.75) is 43.3 Å². The van der Waals surface area contributed by atoms with Crippen LogP contribution in [0, 0.1) is 0 Å². The predicted octanol–water partition coefficient (Wildman–Crippen LogP) is 2.07. The van der Waals surface area contributed by atoms with Crippen molar-refractivity contribution in [3.63, 3.8) is 0 Å². The summed E-state index contributed by atoms with van der Waals surface area (Å²) in [6.45, 7) is 4.41. The van der Waals surface area contributed by atoms with E-state index in [1.165, 1.54) is 0 Å². The average molecular weight is 282 g/mol. The summed E-state index contributed by atoms with van der Waals surface area (Å²) in [7, 11) is -1.41. The minimum atomic E-state index is -1.41. The Morgan fingerprint density at radius 2 is 2.05 bits per heavy atom. The van der Waals surface area contributed by atoms with Gasteiger partial charge in [0.15, 0.2) is 0 Å². The van der Waals surface area contributed by atoms with E-state index in [1.807, 2.05) is 0 Å². The molecule has 0 radical (unpaired) electrons. The quantitative estimate of drug-likeness (QED) is 0.594. The average Bonchev–Trinajstić information content (AvgIpc) is 2.42. The van der Waals surface area contributed by atoms with Gasteiger partial charge in [0.2, 0.25) is 5.91 Å². The number of nitrogen functional groups attached to an aromatic ring is 1. The molecule has 0 saturated heterocycles. The Morgan fingerprint density at radius 1 is 1.37 bits per heavy atom. The second-order valence-electron chi connectivity index (χ2n) is 4.48. The first-order valence-electron chi connectivity index (χ1n) is 6.60. The standard InChI is InChI=1S/C14H22N2O2S/c1-3-4-7-10-16-14(17)11(2)19(18)13-9-6-5-8-12(13)15/h5-6,8-9,11H,3-4,7,10,15H2,1-2H3,(H,16,17). The highest BCUT2D eigenvalue weighted by molar-refractivity contribution is 7.86. The van der Waals surface area contributed by atoms with Gasteiger partial charge in [-0.2, -0.15) is 0 Å². The number of carbonyl (C=O) groups excluding carboxylic acids is 1. The summed E-state index contributed by atoms with van der Waals surface area (Å²) in [6, 6.07) is 6.95. The Morgan fingerprint density at radius 3 is 2.68 bits per heavy atom. The third-order valence-corrected chi connectivity index (χ3v) is 4.57. The van der Waals surface area contributed by atoms with E-state index < -0.39 is 16.0 Å². The van der Waals surface area contributed by atoms with Gasteiger partial charge in [0, 0.05) is 12.2 Å². The molecular formula is C14H22N2O2S. The number of para-hydroxylation sites is 1. The topological polar surface area (TPSA) is 72.2 Å². The normalized spacial score (nSPS) is 13.8. The highest BCUT2D eigenvalue weighted by Crippen LogP contribution is 2.18. The largest absolute Gasteiger partial charge is 0.398 e. The lowest BCUT2D eigenvalue weighted by Crippen LogP contribution is -2.36. The van der Waals surface area contributed by atoms with Crippen LogP contribution >= 0.6 is 0 Å². The van der Waals surface area contributed by atoms with Crippen LogP contribution in [0.1, 0.15) is 33.1 Å².